The summed E-state index contributed by atoms with van der Waals surface area (Å²) in [6.45, 7) is 2.49. The zero-order valence-electron chi connectivity index (χ0n) is 14.2. The number of hydrogen-bond acceptors (Lipinski definition) is 4. The van der Waals surface area contributed by atoms with E-state index in [-0.39, 0.29) is 42.5 Å². The van der Waals surface area contributed by atoms with Crippen LogP contribution in [0.25, 0.3) is 0 Å². The number of ether oxygens (including phenoxy) is 1. The van der Waals surface area contributed by atoms with Crippen LogP contribution >= 0.6 is 0 Å². The Hall–Kier alpha value is -2.63. The number of hydrogen-bond donors (Lipinski definition) is 1. The molecule has 25 heavy (non-hydrogen) atoms. The predicted molar refractivity (Wildman–Crippen MR) is 92.9 cm³/mol. The topological polar surface area (TPSA) is 75.7 Å². The first-order valence-electron chi connectivity index (χ1n) is 8.63. The van der Waals surface area contributed by atoms with Gasteiger partial charge in [-0.15, -0.1) is 0 Å². The molecule has 1 aromatic carbocycles. The third-order valence-corrected chi connectivity index (χ3v) is 4.62. The Morgan fingerprint density at radius 2 is 1.80 bits per heavy atom. The maximum atomic E-state index is 12.4. The molecule has 1 fully saturated rings. The van der Waals surface area contributed by atoms with Crippen LogP contribution in [0.15, 0.2) is 36.4 Å². The molecule has 1 aromatic rings. The molecule has 0 saturated carbocycles. The fraction of sp³-hybridized carbons (Fsp3) is 0.421. The van der Waals surface area contributed by atoms with Gasteiger partial charge < -0.3 is 10.1 Å². The van der Waals surface area contributed by atoms with Gasteiger partial charge in [0, 0.05) is 13.0 Å². The number of imide groups is 1. The lowest BCUT2D eigenvalue weighted by molar-refractivity contribution is -0.140. The summed E-state index contributed by atoms with van der Waals surface area (Å²) < 4.78 is 5.47. The summed E-state index contributed by atoms with van der Waals surface area (Å²) in [6, 6.07) is 7.18. The summed E-state index contributed by atoms with van der Waals surface area (Å²) in [7, 11) is 0. The molecule has 1 N–H and O–H groups in total. The van der Waals surface area contributed by atoms with Crippen molar-refractivity contribution in [2.24, 2.45) is 11.8 Å². The van der Waals surface area contributed by atoms with Gasteiger partial charge in [-0.25, -0.2) is 0 Å². The molecule has 1 saturated heterocycles. The monoisotopic (exact) mass is 342 g/mol. The standard InChI is InChI=1S/C19H22N2O4/c1-2-25-16-10-6-5-9-15(16)20-17(22)11-12-21-18(23)13-7-3-4-8-14(13)19(21)24/h3-6,9-10,13-14H,2,7-8,11-12H2,1H3,(H,20,22)/t13-,14+. The van der Waals surface area contributed by atoms with Crippen molar-refractivity contribution in [1.82, 2.24) is 4.90 Å². The van der Waals surface area contributed by atoms with E-state index in [0.29, 0.717) is 30.9 Å². The van der Waals surface area contributed by atoms with Gasteiger partial charge in [0.2, 0.25) is 17.7 Å². The van der Waals surface area contributed by atoms with Crippen LogP contribution < -0.4 is 10.1 Å². The molecule has 6 nitrogen and oxygen atoms in total. The Labute approximate surface area is 146 Å². The molecular weight excluding hydrogens is 320 g/mol. The number of amides is 3. The lowest BCUT2D eigenvalue weighted by atomic mass is 9.85. The highest BCUT2D eigenvalue weighted by Crippen LogP contribution is 2.35. The quantitative estimate of drug-likeness (QED) is 0.636. The number of allylic oxidation sites excluding steroid dienone is 2. The molecule has 3 rings (SSSR count). The fourth-order valence-electron chi connectivity index (χ4n) is 3.37. The van der Waals surface area contributed by atoms with Crippen molar-refractivity contribution in [1.29, 1.82) is 0 Å². The van der Waals surface area contributed by atoms with Crippen LogP contribution in [-0.2, 0) is 14.4 Å². The van der Waals surface area contributed by atoms with Gasteiger partial charge >= 0.3 is 0 Å². The molecule has 132 valence electrons. The maximum Gasteiger partial charge on any atom is 0.233 e. The second kappa shape index (κ2) is 7.51. The van der Waals surface area contributed by atoms with Gasteiger partial charge in [0.25, 0.3) is 0 Å². The van der Waals surface area contributed by atoms with E-state index in [4.69, 9.17) is 4.74 Å². The van der Waals surface area contributed by atoms with Crippen molar-refractivity contribution in [3.8, 4) is 5.75 Å². The molecule has 0 radical (unpaired) electrons. The predicted octanol–water partition coefficient (Wildman–Crippen LogP) is 2.37. The highest BCUT2D eigenvalue weighted by molar-refractivity contribution is 6.05. The molecular formula is C19H22N2O4. The van der Waals surface area contributed by atoms with E-state index in [1.54, 1.807) is 12.1 Å². The molecule has 6 heteroatoms. The molecule has 2 aliphatic rings. The Balaban J connectivity index is 1.58. The molecule has 0 aromatic heterocycles. The highest BCUT2D eigenvalue weighted by Gasteiger charge is 2.46. The van der Waals surface area contributed by atoms with Crippen LogP contribution in [0.3, 0.4) is 0 Å². The summed E-state index contributed by atoms with van der Waals surface area (Å²) in [4.78, 5) is 38.2. The Kier molecular flexibility index (Phi) is 5.16. The number of fused-ring (bicyclic) bond motifs is 1. The first-order valence-corrected chi connectivity index (χ1v) is 8.63. The minimum absolute atomic E-state index is 0.0742. The SMILES string of the molecule is CCOc1ccccc1NC(=O)CCN1C(=O)[C@H]2CC=CC[C@H]2C1=O. The second-order valence-electron chi connectivity index (χ2n) is 6.21. The van der Waals surface area contributed by atoms with Crippen molar-refractivity contribution in [2.45, 2.75) is 26.2 Å². The Morgan fingerprint density at radius 1 is 1.16 bits per heavy atom. The highest BCUT2D eigenvalue weighted by atomic mass is 16.5. The van der Waals surface area contributed by atoms with Gasteiger partial charge in [0.15, 0.2) is 0 Å². The summed E-state index contributed by atoms with van der Waals surface area (Å²) >= 11 is 0. The zero-order chi connectivity index (χ0) is 17.8. The van der Waals surface area contributed by atoms with Crippen molar-refractivity contribution >= 4 is 23.4 Å². The van der Waals surface area contributed by atoms with E-state index < -0.39 is 0 Å². The van der Waals surface area contributed by atoms with Crippen LogP contribution in [-0.4, -0.2) is 35.8 Å². The van der Waals surface area contributed by atoms with Gasteiger partial charge in [0.05, 0.1) is 24.1 Å². The number of anilines is 1. The molecule has 0 spiro atoms. The minimum Gasteiger partial charge on any atom is -0.492 e. The van der Waals surface area contributed by atoms with Crippen LogP contribution in [0, 0.1) is 11.8 Å². The Bertz CT molecular complexity index is 687. The van der Waals surface area contributed by atoms with E-state index in [1.165, 1.54) is 4.90 Å². The average Bonchev–Trinajstić information content (AvgIpc) is 2.86. The lowest BCUT2D eigenvalue weighted by Crippen LogP contribution is -2.34. The number of carbonyl (C=O) groups excluding carboxylic acids is 3. The summed E-state index contributed by atoms with van der Waals surface area (Å²) in [5.74, 6) is -0.452. The van der Waals surface area contributed by atoms with Crippen molar-refractivity contribution in [3.63, 3.8) is 0 Å². The summed E-state index contributed by atoms with van der Waals surface area (Å²) in [6.07, 6.45) is 5.20. The molecule has 3 amide bonds. The van der Waals surface area contributed by atoms with E-state index in [9.17, 15) is 14.4 Å². The first-order chi connectivity index (χ1) is 12.1. The minimum atomic E-state index is -0.251. The van der Waals surface area contributed by atoms with Crippen LogP contribution in [0.2, 0.25) is 0 Å². The van der Waals surface area contributed by atoms with Crippen LogP contribution in [0.5, 0.6) is 5.75 Å². The fourth-order valence-corrected chi connectivity index (χ4v) is 3.37. The van der Waals surface area contributed by atoms with Gasteiger partial charge in [-0.05, 0) is 31.9 Å². The normalized spacial score (nSPS) is 22.0. The van der Waals surface area contributed by atoms with E-state index >= 15 is 0 Å². The van der Waals surface area contributed by atoms with Crippen LogP contribution in [0.4, 0.5) is 5.69 Å². The van der Waals surface area contributed by atoms with Crippen molar-refractivity contribution < 1.29 is 19.1 Å². The zero-order valence-corrected chi connectivity index (χ0v) is 14.2. The smallest absolute Gasteiger partial charge is 0.233 e. The number of para-hydroxylation sites is 2. The second-order valence-corrected chi connectivity index (χ2v) is 6.21. The lowest BCUT2D eigenvalue weighted by Gasteiger charge is -2.15. The van der Waals surface area contributed by atoms with E-state index in [0.717, 1.165) is 0 Å². The summed E-state index contributed by atoms with van der Waals surface area (Å²) in [5.41, 5.74) is 0.589. The molecule has 1 heterocycles. The number of benzene rings is 1. The average molecular weight is 342 g/mol. The van der Waals surface area contributed by atoms with Crippen molar-refractivity contribution in [2.75, 3.05) is 18.5 Å². The van der Waals surface area contributed by atoms with Gasteiger partial charge in [0.1, 0.15) is 5.75 Å². The molecule has 0 bridgehead atoms. The number of nitrogens with zero attached hydrogens (tertiary/aromatic N) is 1. The molecule has 1 aliphatic carbocycles. The molecule has 0 unspecified atom stereocenters. The van der Waals surface area contributed by atoms with Crippen LogP contribution in [0.1, 0.15) is 26.2 Å². The third kappa shape index (κ3) is 3.57. The number of nitrogens with one attached hydrogen (secondary N) is 1. The third-order valence-electron chi connectivity index (χ3n) is 4.62. The Morgan fingerprint density at radius 3 is 2.44 bits per heavy atom. The number of carbonyl (C=O) groups is 3. The summed E-state index contributed by atoms with van der Waals surface area (Å²) in [5, 5.41) is 2.79. The molecule has 1 aliphatic heterocycles. The van der Waals surface area contributed by atoms with E-state index in [2.05, 4.69) is 5.32 Å². The number of likely N-dealkylation sites (tertiary alicyclic amines) is 1. The first kappa shape index (κ1) is 17.2. The number of rotatable bonds is 6. The van der Waals surface area contributed by atoms with E-state index in [1.807, 2.05) is 31.2 Å². The molecule has 2 atom stereocenters. The van der Waals surface area contributed by atoms with Crippen molar-refractivity contribution in [3.05, 3.63) is 36.4 Å². The van der Waals surface area contributed by atoms with Gasteiger partial charge in [-0.2, -0.15) is 0 Å². The largest absolute Gasteiger partial charge is 0.492 e. The maximum absolute atomic E-state index is 12.4. The van der Waals surface area contributed by atoms with Gasteiger partial charge in [-0.3, -0.25) is 19.3 Å². The van der Waals surface area contributed by atoms with Gasteiger partial charge in [-0.1, -0.05) is 24.3 Å².